The van der Waals surface area contributed by atoms with Crippen molar-refractivity contribution < 1.29 is 18.6 Å². The van der Waals surface area contributed by atoms with Gasteiger partial charge < -0.3 is 9.84 Å². The van der Waals surface area contributed by atoms with Crippen LogP contribution >= 0.6 is 54.5 Å². The Balaban J connectivity index is 0.000000181. The number of phenolic OH excluding ortho intramolecular Hbond substituents is 1. The van der Waals surface area contributed by atoms with E-state index < -0.39 is 0 Å². The first-order valence-electron chi connectivity index (χ1n) is 8.86. The zero-order valence-corrected chi connectivity index (χ0v) is 21.3. The molecule has 0 aliphatic rings. The number of benzene rings is 4. The maximum atomic E-state index is 12.6. The molecule has 0 aliphatic heterocycles. The molecule has 0 saturated carbocycles. The zero-order chi connectivity index (χ0) is 22.6. The summed E-state index contributed by atoms with van der Waals surface area (Å²) in [5, 5.41) is 8.59. The molecule has 4 rings (SSSR count). The Morgan fingerprint density at radius 3 is 1.32 bits per heavy atom. The second kappa shape index (κ2) is 13.4. The molecule has 2 nitrogen and oxygen atoms in total. The molecule has 4 aromatic rings. The average Bonchev–Trinajstić information content (AvgIpc) is 2.76. The summed E-state index contributed by atoms with van der Waals surface area (Å²) >= 11 is 8.95. The molecule has 0 bridgehead atoms. The molecule has 0 spiro atoms. The number of phenols is 1. The minimum Gasteiger partial charge on any atom is -0.508 e. The first kappa shape index (κ1) is 25.3. The highest BCUT2D eigenvalue weighted by Crippen LogP contribution is 2.23. The van der Waals surface area contributed by atoms with Crippen molar-refractivity contribution in [3.63, 3.8) is 0 Å². The predicted octanol–water partition coefficient (Wildman–Crippen LogP) is 8.97. The minimum atomic E-state index is -0.331. The van der Waals surface area contributed by atoms with Crippen molar-refractivity contribution in [3.8, 4) is 17.2 Å². The fourth-order valence-electron chi connectivity index (χ4n) is 2.01. The van der Waals surface area contributed by atoms with Gasteiger partial charge in [-0.25, -0.2) is 8.78 Å². The van der Waals surface area contributed by atoms with Crippen LogP contribution in [0.2, 0.25) is 0 Å². The molecule has 0 fully saturated rings. The van der Waals surface area contributed by atoms with Gasteiger partial charge in [-0.05, 0) is 120 Å². The summed E-state index contributed by atoms with van der Waals surface area (Å²) in [7, 11) is 0. The van der Waals surface area contributed by atoms with Gasteiger partial charge in [0.2, 0.25) is 0 Å². The molecule has 0 atom stereocenters. The highest BCUT2D eigenvalue weighted by molar-refractivity contribution is 14.1. The van der Waals surface area contributed by atoms with Gasteiger partial charge in [-0.15, -0.1) is 0 Å². The second-order valence-corrected chi connectivity index (χ2v) is 9.00. The molecular weight excluding hydrogens is 645 g/mol. The van der Waals surface area contributed by atoms with Crippen molar-refractivity contribution in [2.24, 2.45) is 0 Å². The van der Waals surface area contributed by atoms with Crippen LogP contribution in [-0.2, 0) is 0 Å². The van der Waals surface area contributed by atoms with E-state index in [1.807, 2.05) is 36.4 Å². The van der Waals surface area contributed by atoms with Gasteiger partial charge in [0.25, 0.3) is 0 Å². The van der Waals surface area contributed by atoms with Crippen LogP contribution in [0.4, 0.5) is 8.78 Å². The van der Waals surface area contributed by atoms with Gasteiger partial charge in [-0.3, -0.25) is 0 Å². The lowest BCUT2D eigenvalue weighted by Gasteiger charge is -2.04. The Bertz CT molecular complexity index is 912. The highest BCUT2D eigenvalue weighted by Gasteiger charge is 1.97. The van der Waals surface area contributed by atoms with Gasteiger partial charge in [0.15, 0.2) is 0 Å². The Labute approximate surface area is 210 Å². The molecular formula is C24H17Br2F2IO2. The SMILES string of the molecule is Brc1ccc(I)cc1.Fc1ccc(Oc2ccc(Br)cc2)cc1.Oc1ccc(F)cc1. The third kappa shape index (κ3) is 10.8. The normalized spacial score (nSPS) is 9.58. The summed E-state index contributed by atoms with van der Waals surface area (Å²) in [5.41, 5.74) is 0. The van der Waals surface area contributed by atoms with Crippen LogP contribution in [0.1, 0.15) is 0 Å². The van der Waals surface area contributed by atoms with Crippen LogP contribution in [0.15, 0.2) is 106 Å². The first-order chi connectivity index (χ1) is 14.8. The quantitative estimate of drug-likeness (QED) is 0.217. The molecule has 0 aliphatic carbocycles. The maximum Gasteiger partial charge on any atom is 0.127 e. The molecule has 4 aromatic carbocycles. The van der Waals surface area contributed by atoms with Crippen molar-refractivity contribution in [2.45, 2.75) is 0 Å². The molecule has 0 radical (unpaired) electrons. The van der Waals surface area contributed by atoms with Gasteiger partial charge in [0.05, 0.1) is 0 Å². The number of hydrogen-bond acceptors (Lipinski definition) is 2. The molecule has 1 N–H and O–H groups in total. The molecule has 0 heterocycles. The van der Waals surface area contributed by atoms with E-state index in [0.717, 1.165) is 14.7 Å². The monoisotopic (exact) mass is 660 g/mol. The van der Waals surface area contributed by atoms with E-state index in [-0.39, 0.29) is 17.4 Å². The second-order valence-electron chi connectivity index (χ2n) is 5.92. The molecule has 0 saturated heterocycles. The standard InChI is InChI=1S/C12H8BrFO.C6H4BrI.C6H5FO/c13-9-1-5-11(6-2-9)15-12-7-3-10(14)4-8-12;2*7-5-1-3-6(8)4-2-5/h1-8H;1-4H;1-4,8H. The van der Waals surface area contributed by atoms with Crippen LogP contribution in [0.3, 0.4) is 0 Å². The topological polar surface area (TPSA) is 29.5 Å². The van der Waals surface area contributed by atoms with Gasteiger partial charge >= 0.3 is 0 Å². The number of ether oxygens (including phenoxy) is 1. The van der Waals surface area contributed by atoms with Crippen LogP contribution in [-0.4, -0.2) is 5.11 Å². The molecule has 160 valence electrons. The number of halogens is 5. The Morgan fingerprint density at radius 1 is 0.581 bits per heavy atom. The van der Waals surface area contributed by atoms with E-state index in [2.05, 4.69) is 66.6 Å². The fourth-order valence-corrected chi connectivity index (χ4v) is 2.90. The third-order valence-corrected chi connectivity index (χ3v) is 5.27. The minimum absolute atomic E-state index is 0.0893. The molecule has 0 unspecified atom stereocenters. The maximum absolute atomic E-state index is 12.6. The molecule has 7 heteroatoms. The highest BCUT2D eigenvalue weighted by atomic mass is 127. The zero-order valence-electron chi connectivity index (χ0n) is 16.0. The Morgan fingerprint density at radius 2 is 0.935 bits per heavy atom. The average molecular weight is 662 g/mol. The van der Waals surface area contributed by atoms with Crippen molar-refractivity contribution in [1.82, 2.24) is 0 Å². The largest absolute Gasteiger partial charge is 0.508 e. The lowest BCUT2D eigenvalue weighted by Crippen LogP contribution is -1.83. The lowest BCUT2D eigenvalue weighted by atomic mass is 10.3. The summed E-state index contributed by atoms with van der Waals surface area (Å²) in [5.74, 6) is 0.843. The summed E-state index contributed by atoms with van der Waals surface area (Å²) in [6.45, 7) is 0. The van der Waals surface area contributed by atoms with Gasteiger partial charge in [0.1, 0.15) is 28.9 Å². The third-order valence-electron chi connectivity index (χ3n) is 3.49. The number of aromatic hydroxyl groups is 1. The van der Waals surface area contributed by atoms with Crippen molar-refractivity contribution >= 4 is 54.5 Å². The van der Waals surface area contributed by atoms with Gasteiger partial charge in [-0.2, -0.15) is 0 Å². The lowest BCUT2D eigenvalue weighted by molar-refractivity contribution is 0.473. The Hall–Kier alpha value is -1.97. The van der Waals surface area contributed by atoms with Gasteiger partial charge in [-0.1, -0.05) is 31.9 Å². The number of hydrogen-bond donors (Lipinski definition) is 1. The fraction of sp³-hybridized carbons (Fsp3) is 0. The van der Waals surface area contributed by atoms with Crippen molar-refractivity contribution in [2.75, 3.05) is 0 Å². The van der Waals surface area contributed by atoms with Crippen LogP contribution in [0.25, 0.3) is 0 Å². The summed E-state index contributed by atoms with van der Waals surface area (Å²) in [6.07, 6.45) is 0. The van der Waals surface area contributed by atoms with Crippen LogP contribution in [0, 0.1) is 15.2 Å². The van der Waals surface area contributed by atoms with E-state index in [4.69, 9.17) is 9.84 Å². The van der Waals surface area contributed by atoms with Gasteiger partial charge in [0, 0.05) is 12.5 Å². The molecule has 0 aromatic heterocycles. The molecule has 31 heavy (non-hydrogen) atoms. The predicted molar refractivity (Wildman–Crippen MR) is 136 cm³/mol. The number of rotatable bonds is 2. The van der Waals surface area contributed by atoms with E-state index in [9.17, 15) is 8.78 Å². The summed E-state index contributed by atoms with van der Waals surface area (Å²) in [4.78, 5) is 0. The van der Waals surface area contributed by atoms with E-state index >= 15 is 0 Å². The van der Waals surface area contributed by atoms with Crippen LogP contribution < -0.4 is 4.74 Å². The van der Waals surface area contributed by atoms with E-state index in [1.165, 1.54) is 40.0 Å². The first-order valence-corrected chi connectivity index (χ1v) is 11.5. The van der Waals surface area contributed by atoms with E-state index in [1.54, 1.807) is 12.1 Å². The smallest absolute Gasteiger partial charge is 0.127 e. The molecule has 0 amide bonds. The van der Waals surface area contributed by atoms with Crippen molar-refractivity contribution in [1.29, 1.82) is 0 Å². The Kier molecular flexibility index (Phi) is 11.0. The van der Waals surface area contributed by atoms with Crippen molar-refractivity contribution in [3.05, 3.63) is 121 Å². The van der Waals surface area contributed by atoms with E-state index in [0.29, 0.717) is 5.75 Å². The summed E-state index contributed by atoms with van der Waals surface area (Å²) in [6, 6.07) is 26.6. The summed E-state index contributed by atoms with van der Waals surface area (Å²) < 4.78 is 33.5. The van der Waals surface area contributed by atoms with Crippen LogP contribution in [0.5, 0.6) is 17.2 Å².